The Labute approximate surface area is 127 Å². The zero-order chi connectivity index (χ0) is 13.8. The molecule has 1 aromatic carbocycles. The van der Waals surface area contributed by atoms with Crippen molar-refractivity contribution in [2.24, 2.45) is 5.92 Å². The summed E-state index contributed by atoms with van der Waals surface area (Å²) in [5.74, 6) is 0.878. The maximum atomic E-state index is 5.75. The van der Waals surface area contributed by atoms with Gasteiger partial charge in [-0.1, -0.05) is 17.7 Å². The number of aryl methyl sites for hydroxylation is 1. The first-order chi connectivity index (χ1) is 9.81. The van der Waals surface area contributed by atoms with Crippen LogP contribution in [0.25, 0.3) is 0 Å². The lowest BCUT2D eigenvalue weighted by Crippen LogP contribution is -2.35. The fourth-order valence-corrected chi connectivity index (χ4v) is 3.53. The molecular weight excluding hydrogens is 266 g/mol. The Morgan fingerprint density at radius 3 is 2.45 bits per heavy atom. The van der Waals surface area contributed by atoms with Gasteiger partial charge in [-0.25, -0.2) is 0 Å². The van der Waals surface area contributed by atoms with E-state index in [1.54, 1.807) is 0 Å². The van der Waals surface area contributed by atoms with Gasteiger partial charge in [0.15, 0.2) is 0 Å². The van der Waals surface area contributed by atoms with E-state index in [0.29, 0.717) is 0 Å². The fourth-order valence-electron chi connectivity index (χ4n) is 2.96. The minimum atomic E-state index is 0.878. The average Bonchev–Trinajstić information content (AvgIpc) is 3.31. The lowest BCUT2D eigenvalue weighted by molar-refractivity contribution is 0.161. The Kier molecular flexibility index (Phi) is 5.03. The second-order valence-corrected chi connectivity index (χ2v) is 7.09. The van der Waals surface area contributed by atoms with Gasteiger partial charge in [-0.05, 0) is 70.2 Å². The molecule has 0 spiro atoms. The van der Waals surface area contributed by atoms with Crippen molar-refractivity contribution in [3.8, 4) is 0 Å². The number of piperidine rings is 1. The van der Waals surface area contributed by atoms with Crippen LogP contribution < -0.4 is 0 Å². The molecule has 0 unspecified atom stereocenters. The van der Waals surface area contributed by atoms with Crippen LogP contribution in [0.15, 0.2) is 29.2 Å². The lowest BCUT2D eigenvalue weighted by Gasteiger charge is -2.31. The van der Waals surface area contributed by atoms with Crippen LogP contribution in [0.3, 0.4) is 0 Å². The number of hydrogen-bond acceptors (Lipinski definition) is 3. The van der Waals surface area contributed by atoms with Gasteiger partial charge in [0.25, 0.3) is 0 Å². The normalized spacial score (nSPS) is 21.2. The number of benzene rings is 1. The Morgan fingerprint density at radius 2 is 1.80 bits per heavy atom. The van der Waals surface area contributed by atoms with E-state index >= 15 is 0 Å². The summed E-state index contributed by atoms with van der Waals surface area (Å²) >= 11 is 1.52. The van der Waals surface area contributed by atoms with Crippen molar-refractivity contribution in [3.05, 3.63) is 29.8 Å². The predicted octanol–water partition coefficient (Wildman–Crippen LogP) is 4.28. The molecule has 1 aromatic rings. The molecule has 0 atom stereocenters. The summed E-state index contributed by atoms with van der Waals surface area (Å²) in [6, 6.07) is 9.49. The van der Waals surface area contributed by atoms with Crippen molar-refractivity contribution >= 4 is 12.0 Å². The topological polar surface area (TPSA) is 12.5 Å². The number of nitrogens with zero attached hydrogens (tertiary/aromatic N) is 1. The van der Waals surface area contributed by atoms with Crippen molar-refractivity contribution in [2.75, 3.05) is 19.7 Å². The third-order valence-electron chi connectivity index (χ3n) is 4.50. The van der Waals surface area contributed by atoms with E-state index in [9.17, 15) is 0 Å². The summed E-state index contributed by atoms with van der Waals surface area (Å²) in [5.41, 5.74) is 1.30. The summed E-state index contributed by atoms with van der Waals surface area (Å²) < 4.78 is 5.75. The van der Waals surface area contributed by atoms with E-state index < -0.39 is 0 Å². The third kappa shape index (κ3) is 4.24. The van der Waals surface area contributed by atoms with Crippen LogP contribution in [-0.4, -0.2) is 30.6 Å². The molecule has 0 amide bonds. The van der Waals surface area contributed by atoms with Crippen LogP contribution in [0, 0.1) is 12.8 Å². The Bertz CT molecular complexity index is 408. The minimum absolute atomic E-state index is 0.878. The van der Waals surface area contributed by atoms with Crippen molar-refractivity contribution < 1.29 is 4.18 Å². The van der Waals surface area contributed by atoms with Gasteiger partial charge in [-0.3, -0.25) is 0 Å². The zero-order valence-electron chi connectivity index (χ0n) is 12.4. The van der Waals surface area contributed by atoms with E-state index in [-0.39, 0.29) is 0 Å². The first kappa shape index (κ1) is 14.4. The van der Waals surface area contributed by atoms with Gasteiger partial charge >= 0.3 is 0 Å². The molecule has 3 heteroatoms. The molecule has 2 nitrogen and oxygen atoms in total. The van der Waals surface area contributed by atoms with E-state index in [4.69, 9.17) is 4.18 Å². The molecule has 1 heterocycles. The van der Waals surface area contributed by atoms with Crippen molar-refractivity contribution in [2.45, 2.75) is 50.0 Å². The summed E-state index contributed by atoms with van der Waals surface area (Å²) in [7, 11) is 0. The van der Waals surface area contributed by atoms with Gasteiger partial charge in [0.1, 0.15) is 0 Å². The van der Waals surface area contributed by atoms with Crippen molar-refractivity contribution in [1.82, 2.24) is 4.90 Å². The lowest BCUT2D eigenvalue weighted by atomic mass is 9.94. The largest absolute Gasteiger partial charge is 0.310 e. The van der Waals surface area contributed by atoms with Crippen LogP contribution in [0.4, 0.5) is 0 Å². The summed E-state index contributed by atoms with van der Waals surface area (Å²) in [6.07, 6.45) is 6.85. The van der Waals surface area contributed by atoms with E-state index in [0.717, 1.165) is 18.6 Å². The van der Waals surface area contributed by atoms with Crippen LogP contribution in [0.1, 0.15) is 37.7 Å². The average molecular weight is 291 g/mol. The maximum absolute atomic E-state index is 5.75. The van der Waals surface area contributed by atoms with Crippen LogP contribution in [0.2, 0.25) is 0 Å². The highest BCUT2D eigenvalue weighted by Gasteiger charge is 2.31. The van der Waals surface area contributed by atoms with Crippen LogP contribution in [0.5, 0.6) is 0 Å². The monoisotopic (exact) mass is 291 g/mol. The molecule has 1 aliphatic carbocycles. The Hall–Kier alpha value is -0.510. The highest BCUT2D eigenvalue weighted by Crippen LogP contribution is 2.32. The van der Waals surface area contributed by atoms with E-state index in [1.807, 2.05) is 0 Å². The van der Waals surface area contributed by atoms with Gasteiger partial charge in [0, 0.05) is 23.0 Å². The van der Waals surface area contributed by atoms with E-state index in [1.165, 1.54) is 67.7 Å². The molecule has 0 aromatic heterocycles. The SMILES string of the molecule is Cc1ccc(SOCCC2CCN(C3CC3)CC2)cc1. The molecule has 0 bridgehead atoms. The van der Waals surface area contributed by atoms with Gasteiger partial charge in [0.2, 0.25) is 0 Å². The highest BCUT2D eigenvalue weighted by molar-refractivity contribution is 7.94. The Balaban J connectivity index is 1.29. The standard InChI is InChI=1S/C17H25NOS/c1-14-2-6-17(7-3-14)20-19-13-10-15-8-11-18(12-9-15)16-4-5-16/h2-3,6-7,15-16H,4-5,8-13H2,1H3. The second kappa shape index (κ2) is 6.97. The smallest absolute Gasteiger partial charge is 0.0621 e. The van der Waals surface area contributed by atoms with Gasteiger partial charge in [0.05, 0.1) is 6.61 Å². The quantitative estimate of drug-likeness (QED) is 0.573. The van der Waals surface area contributed by atoms with Crippen LogP contribution in [-0.2, 0) is 4.18 Å². The molecular formula is C17H25NOS. The van der Waals surface area contributed by atoms with Gasteiger partial charge < -0.3 is 9.08 Å². The summed E-state index contributed by atoms with van der Waals surface area (Å²) in [5, 5.41) is 0. The fraction of sp³-hybridized carbons (Fsp3) is 0.647. The molecule has 1 saturated heterocycles. The summed E-state index contributed by atoms with van der Waals surface area (Å²) in [4.78, 5) is 3.90. The van der Waals surface area contributed by atoms with Crippen LogP contribution >= 0.6 is 12.0 Å². The predicted molar refractivity (Wildman–Crippen MR) is 84.9 cm³/mol. The van der Waals surface area contributed by atoms with Gasteiger partial charge in [-0.15, -0.1) is 0 Å². The van der Waals surface area contributed by atoms with Crippen molar-refractivity contribution in [1.29, 1.82) is 0 Å². The molecule has 2 aliphatic rings. The summed E-state index contributed by atoms with van der Waals surface area (Å²) in [6.45, 7) is 5.64. The molecule has 0 radical (unpaired) electrons. The first-order valence-corrected chi connectivity index (χ1v) is 8.65. The van der Waals surface area contributed by atoms with Crippen molar-refractivity contribution in [3.63, 3.8) is 0 Å². The number of hydrogen-bond donors (Lipinski definition) is 0. The number of rotatable bonds is 6. The Morgan fingerprint density at radius 1 is 1.10 bits per heavy atom. The molecule has 110 valence electrons. The molecule has 0 N–H and O–H groups in total. The second-order valence-electron chi connectivity index (χ2n) is 6.22. The molecule has 20 heavy (non-hydrogen) atoms. The molecule has 1 saturated carbocycles. The third-order valence-corrected chi connectivity index (χ3v) is 5.25. The zero-order valence-corrected chi connectivity index (χ0v) is 13.2. The first-order valence-electron chi connectivity index (χ1n) is 7.91. The molecule has 3 rings (SSSR count). The highest BCUT2D eigenvalue weighted by atomic mass is 32.2. The minimum Gasteiger partial charge on any atom is -0.310 e. The molecule has 2 fully saturated rings. The van der Waals surface area contributed by atoms with Gasteiger partial charge in [-0.2, -0.15) is 0 Å². The van der Waals surface area contributed by atoms with E-state index in [2.05, 4.69) is 36.1 Å². The maximum Gasteiger partial charge on any atom is 0.0621 e. The molecule has 1 aliphatic heterocycles. The number of likely N-dealkylation sites (tertiary alicyclic amines) is 1.